The van der Waals surface area contributed by atoms with Crippen LogP contribution >= 0.6 is 23.4 Å². The van der Waals surface area contributed by atoms with Crippen LogP contribution in [-0.4, -0.2) is 63.9 Å². The molecule has 1 saturated heterocycles. The number of thioether (sulfide) groups is 1. The maximum absolute atomic E-state index is 12.6. The number of piperazine rings is 1. The van der Waals surface area contributed by atoms with Crippen LogP contribution in [0.15, 0.2) is 33.9 Å². The van der Waals surface area contributed by atoms with Gasteiger partial charge in [-0.2, -0.15) is 0 Å². The topological polar surface area (TPSA) is 62.5 Å². The Kier molecular flexibility index (Phi) is 5.98. The van der Waals surface area contributed by atoms with Crippen molar-refractivity contribution in [3.8, 4) is 11.5 Å². The van der Waals surface area contributed by atoms with Gasteiger partial charge in [-0.3, -0.25) is 4.79 Å². The molecule has 0 unspecified atom stereocenters. The molecule has 6 nitrogen and oxygen atoms in total. The van der Waals surface area contributed by atoms with Crippen LogP contribution in [0.25, 0.3) is 11.5 Å². The zero-order chi connectivity index (χ0) is 17.8. The summed E-state index contributed by atoms with van der Waals surface area (Å²) < 4.78 is 5.67. The second kappa shape index (κ2) is 8.21. The zero-order valence-electron chi connectivity index (χ0n) is 14.3. The molecule has 1 amide bonds. The second-order valence-corrected chi connectivity index (χ2v) is 7.63. The van der Waals surface area contributed by atoms with Gasteiger partial charge in [-0.05, 0) is 37.7 Å². The van der Waals surface area contributed by atoms with Crippen LogP contribution in [0.1, 0.15) is 13.8 Å². The molecule has 3 rings (SSSR count). The molecule has 1 aliphatic heterocycles. The van der Waals surface area contributed by atoms with Gasteiger partial charge in [-0.15, -0.1) is 10.2 Å². The van der Waals surface area contributed by atoms with Crippen molar-refractivity contribution in [1.82, 2.24) is 20.0 Å². The van der Waals surface area contributed by atoms with Gasteiger partial charge in [-0.1, -0.05) is 30.3 Å². The normalized spacial score (nSPS) is 16.8. The van der Waals surface area contributed by atoms with Crippen LogP contribution in [-0.2, 0) is 4.79 Å². The Labute approximate surface area is 156 Å². The van der Waals surface area contributed by atoms with Crippen molar-refractivity contribution in [3.05, 3.63) is 29.3 Å². The third kappa shape index (κ3) is 4.54. The molecule has 0 bridgehead atoms. The molecule has 0 saturated carbocycles. The molecule has 0 radical (unpaired) electrons. The van der Waals surface area contributed by atoms with Gasteiger partial charge in [0.05, 0.1) is 5.25 Å². The van der Waals surface area contributed by atoms with E-state index in [1.54, 1.807) is 12.1 Å². The Morgan fingerprint density at radius 3 is 2.56 bits per heavy atom. The molecule has 0 aliphatic carbocycles. The summed E-state index contributed by atoms with van der Waals surface area (Å²) in [6.07, 6.45) is 0. The SMILES string of the molecule is CCN1CCN(C(=O)[C@H](C)Sc2nnc(-c3ccc(Cl)cc3)o2)CC1. The van der Waals surface area contributed by atoms with E-state index >= 15 is 0 Å². The van der Waals surface area contributed by atoms with Crippen LogP contribution in [0, 0.1) is 0 Å². The Bertz CT molecular complexity index is 714. The highest BCUT2D eigenvalue weighted by Gasteiger charge is 2.26. The molecule has 2 heterocycles. The lowest BCUT2D eigenvalue weighted by atomic mass is 10.2. The minimum atomic E-state index is -0.258. The highest BCUT2D eigenvalue weighted by molar-refractivity contribution is 8.00. The fraction of sp³-hybridized carbons (Fsp3) is 0.471. The van der Waals surface area contributed by atoms with E-state index in [4.69, 9.17) is 16.0 Å². The lowest BCUT2D eigenvalue weighted by molar-refractivity contribution is -0.132. The van der Waals surface area contributed by atoms with Crippen molar-refractivity contribution in [3.63, 3.8) is 0 Å². The summed E-state index contributed by atoms with van der Waals surface area (Å²) in [7, 11) is 0. The van der Waals surface area contributed by atoms with E-state index < -0.39 is 0 Å². The molecular formula is C17H21ClN4O2S. The minimum Gasteiger partial charge on any atom is -0.411 e. The van der Waals surface area contributed by atoms with E-state index in [1.165, 1.54) is 11.8 Å². The minimum absolute atomic E-state index is 0.118. The molecule has 134 valence electrons. The van der Waals surface area contributed by atoms with E-state index in [9.17, 15) is 4.79 Å². The number of hydrogen-bond donors (Lipinski definition) is 0. The van der Waals surface area contributed by atoms with Gasteiger partial charge in [-0.25, -0.2) is 0 Å². The Hall–Kier alpha value is -1.57. The van der Waals surface area contributed by atoms with Gasteiger partial charge in [0, 0.05) is 36.8 Å². The summed E-state index contributed by atoms with van der Waals surface area (Å²) in [5.74, 6) is 0.544. The van der Waals surface area contributed by atoms with Gasteiger partial charge in [0.15, 0.2) is 0 Å². The lowest BCUT2D eigenvalue weighted by Gasteiger charge is -2.35. The first-order valence-electron chi connectivity index (χ1n) is 8.34. The van der Waals surface area contributed by atoms with Crippen LogP contribution < -0.4 is 0 Å². The van der Waals surface area contributed by atoms with E-state index in [-0.39, 0.29) is 11.2 Å². The van der Waals surface area contributed by atoms with E-state index in [0.29, 0.717) is 16.1 Å². The van der Waals surface area contributed by atoms with E-state index in [2.05, 4.69) is 22.0 Å². The number of hydrogen-bond acceptors (Lipinski definition) is 6. The maximum atomic E-state index is 12.6. The first-order chi connectivity index (χ1) is 12.1. The molecule has 1 atom stereocenters. The quantitative estimate of drug-likeness (QED) is 0.743. The number of benzene rings is 1. The summed E-state index contributed by atoms with van der Waals surface area (Å²) in [6.45, 7) is 8.47. The van der Waals surface area contributed by atoms with Crippen LogP contribution in [0.5, 0.6) is 0 Å². The largest absolute Gasteiger partial charge is 0.411 e. The molecular weight excluding hydrogens is 360 g/mol. The third-order valence-electron chi connectivity index (χ3n) is 4.25. The average molecular weight is 381 g/mol. The standard InChI is InChI=1S/C17H21ClN4O2S/c1-3-21-8-10-22(11-9-21)16(23)12(2)25-17-20-19-15(24-17)13-4-6-14(18)7-5-13/h4-7,12H,3,8-11H2,1-2H3/t12-/m0/s1. The Morgan fingerprint density at radius 2 is 1.92 bits per heavy atom. The van der Waals surface area contributed by atoms with Crippen molar-refractivity contribution < 1.29 is 9.21 Å². The molecule has 1 aromatic heterocycles. The number of rotatable bonds is 5. The summed E-state index contributed by atoms with van der Waals surface area (Å²) in [6, 6.07) is 7.20. The lowest BCUT2D eigenvalue weighted by Crippen LogP contribution is -2.50. The molecule has 1 fully saturated rings. The van der Waals surface area contributed by atoms with Crippen molar-refractivity contribution in [2.24, 2.45) is 0 Å². The van der Waals surface area contributed by atoms with Crippen molar-refractivity contribution in [2.45, 2.75) is 24.3 Å². The van der Waals surface area contributed by atoms with Crippen LogP contribution in [0.2, 0.25) is 5.02 Å². The Balaban J connectivity index is 1.59. The van der Waals surface area contributed by atoms with E-state index in [1.807, 2.05) is 24.0 Å². The summed E-state index contributed by atoms with van der Waals surface area (Å²) in [4.78, 5) is 16.9. The molecule has 8 heteroatoms. The molecule has 1 aromatic carbocycles. The van der Waals surface area contributed by atoms with E-state index in [0.717, 1.165) is 38.3 Å². The fourth-order valence-electron chi connectivity index (χ4n) is 2.71. The predicted octanol–water partition coefficient (Wildman–Crippen LogP) is 3.03. The average Bonchev–Trinajstić information content (AvgIpc) is 3.10. The number of likely N-dealkylation sites (N-methyl/N-ethyl adjacent to an activating group) is 1. The van der Waals surface area contributed by atoms with Crippen molar-refractivity contribution in [1.29, 1.82) is 0 Å². The van der Waals surface area contributed by atoms with Crippen molar-refractivity contribution >= 4 is 29.3 Å². The van der Waals surface area contributed by atoms with Gasteiger partial charge in [0.2, 0.25) is 11.8 Å². The molecule has 25 heavy (non-hydrogen) atoms. The monoisotopic (exact) mass is 380 g/mol. The van der Waals surface area contributed by atoms with Crippen LogP contribution in [0.3, 0.4) is 0 Å². The van der Waals surface area contributed by atoms with Gasteiger partial charge in [0.25, 0.3) is 5.22 Å². The molecule has 2 aromatic rings. The summed E-state index contributed by atoms with van der Waals surface area (Å²) in [5, 5.41) is 8.89. The number of amides is 1. The first kappa shape index (κ1) is 18.2. The summed E-state index contributed by atoms with van der Waals surface area (Å²) >= 11 is 7.18. The fourth-order valence-corrected chi connectivity index (χ4v) is 3.60. The third-order valence-corrected chi connectivity index (χ3v) is 5.43. The van der Waals surface area contributed by atoms with Gasteiger partial charge in [0.1, 0.15) is 0 Å². The number of nitrogens with zero attached hydrogens (tertiary/aromatic N) is 4. The highest BCUT2D eigenvalue weighted by Crippen LogP contribution is 2.27. The molecule has 0 spiro atoms. The van der Waals surface area contributed by atoms with Crippen LogP contribution in [0.4, 0.5) is 0 Å². The summed E-state index contributed by atoms with van der Waals surface area (Å²) in [5.41, 5.74) is 0.804. The number of aromatic nitrogens is 2. The van der Waals surface area contributed by atoms with Gasteiger partial charge < -0.3 is 14.2 Å². The highest BCUT2D eigenvalue weighted by atomic mass is 35.5. The molecule has 1 aliphatic rings. The number of halogens is 1. The van der Waals surface area contributed by atoms with Crippen molar-refractivity contribution in [2.75, 3.05) is 32.7 Å². The number of carbonyl (C=O) groups excluding carboxylic acids is 1. The Morgan fingerprint density at radius 1 is 1.24 bits per heavy atom. The first-order valence-corrected chi connectivity index (χ1v) is 9.60. The molecule has 0 N–H and O–H groups in total. The zero-order valence-corrected chi connectivity index (χ0v) is 15.9. The second-order valence-electron chi connectivity index (χ2n) is 5.90. The predicted molar refractivity (Wildman–Crippen MR) is 98.8 cm³/mol. The van der Waals surface area contributed by atoms with Gasteiger partial charge >= 0.3 is 0 Å². The number of carbonyl (C=O) groups is 1. The maximum Gasteiger partial charge on any atom is 0.277 e. The smallest absolute Gasteiger partial charge is 0.277 e.